The number of hydrogen-bond acceptors (Lipinski definition) is 6. The molecule has 0 aliphatic carbocycles. The second-order valence-electron chi connectivity index (χ2n) is 2.95. The standard InChI is InChI=1S/C8H12N4O4S/c1-16-8(13)12-17(14,15)11-7-3-2-6(4-9)5-10-7/h2-3,5H,4,9H2,1H3,(H,10,11)(H,12,13). The maximum atomic E-state index is 11.3. The maximum Gasteiger partial charge on any atom is 0.422 e. The summed E-state index contributed by atoms with van der Waals surface area (Å²) in [7, 11) is -2.98. The third kappa shape index (κ3) is 4.25. The topological polar surface area (TPSA) is 123 Å². The molecule has 0 unspecified atom stereocenters. The highest BCUT2D eigenvalue weighted by molar-refractivity contribution is 7.91. The second-order valence-corrected chi connectivity index (χ2v) is 4.37. The number of carbonyl (C=O) groups excluding carboxylic acids is 1. The molecule has 0 saturated carbocycles. The molecule has 0 saturated heterocycles. The van der Waals surface area contributed by atoms with Crippen LogP contribution < -0.4 is 15.2 Å². The van der Waals surface area contributed by atoms with Crippen molar-refractivity contribution in [2.24, 2.45) is 5.73 Å². The molecule has 9 heteroatoms. The quantitative estimate of drug-likeness (QED) is 0.673. The minimum atomic E-state index is -4.03. The van der Waals surface area contributed by atoms with Gasteiger partial charge in [0.05, 0.1) is 7.11 Å². The number of carbonyl (C=O) groups is 1. The first-order valence-electron chi connectivity index (χ1n) is 4.50. The fourth-order valence-electron chi connectivity index (χ4n) is 0.920. The number of pyridine rings is 1. The van der Waals surface area contributed by atoms with E-state index in [0.29, 0.717) is 6.54 Å². The lowest BCUT2D eigenvalue weighted by Crippen LogP contribution is -2.35. The number of ether oxygens (including phenoxy) is 1. The molecule has 0 aromatic carbocycles. The molecule has 4 N–H and O–H groups in total. The average Bonchev–Trinajstić information content (AvgIpc) is 2.28. The molecule has 0 aliphatic rings. The summed E-state index contributed by atoms with van der Waals surface area (Å²) in [5, 5.41) is 0. The lowest BCUT2D eigenvalue weighted by Gasteiger charge is -2.07. The van der Waals surface area contributed by atoms with Crippen LogP contribution in [0.1, 0.15) is 5.56 Å². The number of nitrogens with two attached hydrogens (primary N) is 1. The Hall–Kier alpha value is -1.87. The zero-order valence-corrected chi connectivity index (χ0v) is 9.82. The Labute approximate surface area is 98.4 Å². The smallest absolute Gasteiger partial charge is 0.422 e. The van der Waals surface area contributed by atoms with Gasteiger partial charge in [-0.1, -0.05) is 6.07 Å². The molecule has 0 fully saturated rings. The van der Waals surface area contributed by atoms with Gasteiger partial charge in [-0.2, -0.15) is 8.42 Å². The number of hydrogen-bond donors (Lipinski definition) is 3. The van der Waals surface area contributed by atoms with Crippen molar-refractivity contribution >= 4 is 22.1 Å². The van der Waals surface area contributed by atoms with Crippen LogP contribution in [0.5, 0.6) is 0 Å². The van der Waals surface area contributed by atoms with E-state index < -0.39 is 16.3 Å². The van der Waals surface area contributed by atoms with Gasteiger partial charge in [0.2, 0.25) is 0 Å². The van der Waals surface area contributed by atoms with Crippen LogP contribution in [-0.2, 0) is 21.5 Å². The van der Waals surface area contributed by atoms with Crippen molar-refractivity contribution in [1.82, 2.24) is 9.71 Å². The highest BCUT2D eigenvalue weighted by atomic mass is 32.2. The van der Waals surface area contributed by atoms with Gasteiger partial charge in [0.1, 0.15) is 5.82 Å². The van der Waals surface area contributed by atoms with Gasteiger partial charge in [-0.25, -0.2) is 14.5 Å². The monoisotopic (exact) mass is 260 g/mol. The fraction of sp³-hybridized carbons (Fsp3) is 0.250. The molecule has 1 aromatic heterocycles. The second kappa shape index (κ2) is 5.46. The Bertz CT molecular complexity index is 485. The summed E-state index contributed by atoms with van der Waals surface area (Å²) in [5.74, 6) is 0.0682. The highest BCUT2D eigenvalue weighted by Crippen LogP contribution is 2.05. The van der Waals surface area contributed by atoms with Gasteiger partial charge < -0.3 is 10.5 Å². The number of nitrogens with one attached hydrogen (secondary N) is 2. The number of methoxy groups -OCH3 is 1. The van der Waals surface area contributed by atoms with Crippen LogP contribution in [0.3, 0.4) is 0 Å². The Morgan fingerprint density at radius 3 is 2.71 bits per heavy atom. The SMILES string of the molecule is COC(=O)NS(=O)(=O)Nc1ccc(CN)cn1. The van der Waals surface area contributed by atoms with Crippen molar-refractivity contribution in [3.05, 3.63) is 23.9 Å². The predicted molar refractivity (Wildman–Crippen MR) is 60.2 cm³/mol. The molecule has 1 heterocycles. The summed E-state index contributed by atoms with van der Waals surface area (Å²) in [6.45, 7) is 0.306. The molecular formula is C8H12N4O4S. The summed E-state index contributed by atoms with van der Waals surface area (Å²) in [5.41, 5.74) is 6.12. The van der Waals surface area contributed by atoms with Crippen LogP contribution in [0.4, 0.5) is 10.6 Å². The predicted octanol–water partition coefficient (Wildman–Crippen LogP) is -0.447. The Kier molecular flexibility index (Phi) is 4.24. The Morgan fingerprint density at radius 1 is 1.53 bits per heavy atom. The van der Waals surface area contributed by atoms with E-state index in [9.17, 15) is 13.2 Å². The number of rotatable bonds is 4. The summed E-state index contributed by atoms with van der Waals surface area (Å²) in [4.78, 5) is 14.5. The summed E-state index contributed by atoms with van der Waals surface area (Å²) in [6.07, 6.45) is 0.340. The lowest BCUT2D eigenvalue weighted by molar-refractivity contribution is 0.177. The zero-order chi connectivity index (χ0) is 12.9. The van der Waals surface area contributed by atoms with Crippen LogP contribution >= 0.6 is 0 Å². The molecular weight excluding hydrogens is 248 g/mol. The van der Waals surface area contributed by atoms with Gasteiger partial charge in [-0.15, -0.1) is 0 Å². The first kappa shape index (κ1) is 13.2. The molecule has 1 rings (SSSR count). The molecule has 0 atom stereocenters. The normalized spacial score (nSPS) is 10.7. The van der Waals surface area contributed by atoms with Gasteiger partial charge in [-0.05, 0) is 11.6 Å². The van der Waals surface area contributed by atoms with E-state index in [0.717, 1.165) is 12.7 Å². The van der Waals surface area contributed by atoms with E-state index in [1.165, 1.54) is 12.3 Å². The van der Waals surface area contributed by atoms with Crippen molar-refractivity contribution in [3.63, 3.8) is 0 Å². The van der Waals surface area contributed by atoms with Crippen LogP contribution in [0, 0.1) is 0 Å². The minimum absolute atomic E-state index is 0.0682. The van der Waals surface area contributed by atoms with Crippen molar-refractivity contribution in [2.45, 2.75) is 6.54 Å². The molecule has 1 aromatic rings. The van der Waals surface area contributed by atoms with E-state index in [1.807, 2.05) is 4.72 Å². The third-order valence-corrected chi connectivity index (χ3v) is 2.62. The van der Waals surface area contributed by atoms with E-state index in [2.05, 4.69) is 9.72 Å². The largest absolute Gasteiger partial charge is 0.452 e. The summed E-state index contributed by atoms with van der Waals surface area (Å²) >= 11 is 0. The van der Waals surface area contributed by atoms with Gasteiger partial charge in [0.25, 0.3) is 0 Å². The van der Waals surface area contributed by atoms with E-state index in [-0.39, 0.29) is 5.82 Å². The van der Waals surface area contributed by atoms with Crippen LogP contribution in [0.25, 0.3) is 0 Å². The molecule has 0 aliphatic heterocycles. The van der Waals surface area contributed by atoms with Crippen molar-refractivity contribution in [1.29, 1.82) is 0 Å². The number of anilines is 1. The first-order chi connectivity index (χ1) is 7.96. The van der Waals surface area contributed by atoms with Crippen LogP contribution in [0.15, 0.2) is 18.3 Å². The van der Waals surface area contributed by atoms with Gasteiger partial charge in [0, 0.05) is 12.7 Å². The average molecular weight is 260 g/mol. The van der Waals surface area contributed by atoms with Crippen LogP contribution in [0.2, 0.25) is 0 Å². The Morgan fingerprint density at radius 2 is 2.24 bits per heavy atom. The minimum Gasteiger partial charge on any atom is -0.452 e. The number of nitrogens with zero attached hydrogens (tertiary/aromatic N) is 1. The van der Waals surface area contributed by atoms with Crippen molar-refractivity contribution in [3.8, 4) is 0 Å². The van der Waals surface area contributed by atoms with Crippen molar-refractivity contribution in [2.75, 3.05) is 11.8 Å². The van der Waals surface area contributed by atoms with E-state index in [4.69, 9.17) is 5.73 Å². The van der Waals surface area contributed by atoms with Crippen LogP contribution in [-0.4, -0.2) is 26.6 Å². The maximum absolute atomic E-state index is 11.3. The zero-order valence-electron chi connectivity index (χ0n) is 9.00. The van der Waals surface area contributed by atoms with Gasteiger partial charge >= 0.3 is 16.3 Å². The molecule has 1 amide bonds. The van der Waals surface area contributed by atoms with Gasteiger partial charge in [0.15, 0.2) is 0 Å². The number of amides is 1. The third-order valence-electron chi connectivity index (χ3n) is 1.70. The van der Waals surface area contributed by atoms with Crippen molar-refractivity contribution < 1.29 is 17.9 Å². The molecule has 17 heavy (non-hydrogen) atoms. The summed E-state index contributed by atoms with van der Waals surface area (Å²) < 4.78 is 30.5. The molecule has 94 valence electrons. The van der Waals surface area contributed by atoms with Gasteiger partial charge in [-0.3, -0.25) is 4.72 Å². The lowest BCUT2D eigenvalue weighted by atomic mass is 10.3. The number of aromatic nitrogens is 1. The summed E-state index contributed by atoms with van der Waals surface area (Å²) in [6, 6.07) is 3.04. The van der Waals surface area contributed by atoms with E-state index >= 15 is 0 Å². The van der Waals surface area contributed by atoms with E-state index in [1.54, 1.807) is 10.8 Å². The molecule has 0 spiro atoms. The molecule has 0 bridgehead atoms. The fourth-order valence-corrected chi connectivity index (χ4v) is 1.67. The molecule has 8 nitrogen and oxygen atoms in total. The highest BCUT2D eigenvalue weighted by Gasteiger charge is 2.14. The Balaban J connectivity index is 2.72. The first-order valence-corrected chi connectivity index (χ1v) is 5.98. The molecule has 0 radical (unpaired) electrons.